The first-order valence-corrected chi connectivity index (χ1v) is 11.3. The maximum absolute atomic E-state index is 12.2. The zero-order valence-electron chi connectivity index (χ0n) is 18.7. The van der Waals surface area contributed by atoms with Gasteiger partial charge in [0.2, 0.25) is 5.79 Å². The molecule has 10 heteroatoms. The SMILES string of the molecule is CN(C)/C=C/C(=O)c1ccc(OCC2COC(Cn3cncn3)(c3ccc(Cl)cc3Cl)O2)cc1. The molecule has 1 aromatic heterocycles. The number of rotatable bonds is 9. The summed E-state index contributed by atoms with van der Waals surface area (Å²) >= 11 is 12.6. The molecule has 8 nitrogen and oxygen atoms in total. The number of nitrogens with zero attached hydrogens (tertiary/aromatic N) is 4. The molecule has 0 bridgehead atoms. The van der Waals surface area contributed by atoms with Gasteiger partial charge in [-0.1, -0.05) is 29.3 Å². The van der Waals surface area contributed by atoms with Crippen molar-refractivity contribution in [3.63, 3.8) is 0 Å². The van der Waals surface area contributed by atoms with Gasteiger partial charge in [0.25, 0.3) is 0 Å². The summed E-state index contributed by atoms with van der Waals surface area (Å²) in [6.45, 7) is 0.791. The summed E-state index contributed by atoms with van der Waals surface area (Å²) < 4.78 is 20.0. The Morgan fingerprint density at radius 2 is 2.06 bits per heavy atom. The summed E-state index contributed by atoms with van der Waals surface area (Å²) in [6, 6.07) is 12.1. The number of hydrogen-bond donors (Lipinski definition) is 0. The van der Waals surface area contributed by atoms with Crippen LogP contribution in [0.3, 0.4) is 0 Å². The van der Waals surface area contributed by atoms with Crippen molar-refractivity contribution in [2.75, 3.05) is 27.3 Å². The second kappa shape index (κ2) is 10.6. The van der Waals surface area contributed by atoms with Gasteiger partial charge >= 0.3 is 0 Å². The summed E-state index contributed by atoms with van der Waals surface area (Å²) in [6.07, 6.45) is 5.90. The lowest BCUT2D eigenvalue weighted by atomic mass is 10.1. The van der Waals surface area contributed by atoms with Crippen molar-refractivity contribution >= 4 is 29.0 Å². The Morgan fingerprint density at radius 3 is 2.74 bits per heavy atom. The van der Waals surface area contributed by atoms with Gasteiger partial charge in [-0.3, -0.25) is 4.79 Å². The maximum atomic E-state index is 12.2. The first-order valence-electron chi connectivity index (χ1n) is 10.6. The van der Waals surface area contributed by atoms with Crippen LogP contribution in [0.1, 0.15) is 15.9 Å². The van der Waals surface area contributed by atoms with E-state index in [1.54, 1.807) is 64.6 Å². The monoisotopic (exact) mass is 502 g/mol. The van der Waals surface area contributed by atoms with E-state index in [4.69, 9.17) is 37.4 Å². The molecule has 1 saturated heterocycles. The van der Waals surface area contributed by atoms with Gasteiger partial charge in [0, 0.05) is 42.5 Å². The molecule has 0 spiro atoms. The van der Waals surface area contributed by atoms with Gasteiger partial charge in [0.05, 0.1) is 11.6 Å². The van der Waals surface area contributed by atoms with Crippen molar-refractivity contribution in [1.29, 1.82) is 0 Å². The highest BCUT2D eigenvalue weighted by atomic mass is 35.5. The number of carbonyl (C=O) groups is 1. The molecule has 4 rings (SSSR count). The third kappa shape index (κ3) is 5.77. The van der Waals surface area contributed by atoms with E-state index >= 15 is 0 Å². The molecular weight excluding hydrogens is 479 g/mol. The van der Waals surface area contributed by atoms with Gasteiger partial charge in [-0.15, -0.1) is 0 Å². The molecule has 2 aromatic carbocycles. The molecule has 0 radical (unpaired) electrons. The molecule has 1 aliphatic rings. The normalized spacial score (nSPS) is 20.1. The molecule has 1 aliphatic heterocycles. The first-order chi connectivity index (χ1) is 16.3. The van der Waals surface area contributed by atoms with Crippen molar-refractivity contribution in [1.82, 2.24) is 19.7 Å². The molecule has 34 heavy (non-hydrogen) atoms. The number of ether oxygens (including phenoxy) is 3. The van der Waals surface area contributed by atoms with E-state index in [0.717, 1.165) is 0 Å². The highest BCUT2D eigenvalue weighted by molar-refractivity contribution is 6.35. The lowest BCUT2D eigenvalue weighted by Gasteiger charge is -2.29. The van der Waals surface area contributed by atoms with Gasteiger partial charge in [-0.25, -0.2) is 9.67 Å². The van der Waals surface area contributed by atoms with E-state index in [2.05, 4.69) is 10.1 Å². The predicted octanol–water partition coefficient (Wildman–Crippen LogP) is 4.19. The topological polar surface area (TPSA) is 78.7 Å². The number of halogens is 2. The lowest BCUT2D eigenvalue weighted by Crippen LogP contribution is -2.35. The van der Waals surface area contributed by atoms with Gasteiger partial charge < -0.3 is 19.1 Å². The fourth-order valence-electron chi connectivity index (χ4n) is 3.50. The Hall–Kier alpha value is -2.91. The number of allylic oxidation sites excluding steroid dienone is 1. The average Bonchev–Trinajstić information content (AvgIpc) is 3.47. The molecule has 2 unspecified atom stereocenters. The Labute approximate surface area is 207 Å². The van der Waals surface area contributed by atoms with Crippen molar-refractivity contribution in [3.8, 4) is 5.75 Å². The van der Waals surface area contributed by atoms with Crippen molar-refractivity contribution in [3.05, 3.63) is 88.6 Å². The largest absolute Gasteiger partial charge is 0.491 e. The minimum Gasteiger partial charge on any atom is -0.491 e. The van der Waals surface area contributed by atoms with Gasteiger partial charge in [-0.2, -0.15) is 5.10 Å². The first kappa shape index (κ1) is 24.2. The summed E-state index contributed by atoms with van der Waals surface area (Å²) in [5.41, 5.74) is 1.22. The lowest BCUT2D eigenvalue weighted by molar-refractivity contribution is -0.190. The smallest absolute Gasteiger partial charge is 0.217 e. The predicted molar refractivity (Wildman–Crippen MR) is 128 cm³/mol. The number of hydrogen-bond acceptors (Lipinski definition) is 7. The minimum atomic E-state index is -1.17. The highest BCUT2D eigenvalue weighted by Gasteiger charge is 2.45. The summed E-state index contributed by atoms with van der Waals surface area (Å²) in [5.74, 6) is -0.626. The maximum Gasteiger partial charge on any atom is 0.217 e. The van der Waals surface area contributed by atoms with Crippen LogP contribution >= 0.6 is 23.2 Å². The Bertz CT molecular complexity index is 1150. The second-order valence-electron chi connectivity index (χ2n) is 8.00. The third-order valence-corrected chi connectivity index (χ3v) is 5.68. The van der Waals surface area contributed by atoms with Gasteiger partial charge in [-0.05, 0) is 36.4 Å². The molecule has 0 amide bonds. The zero-order valence-corrected chi connectivity index (χ0v) is 20.2. The zero-order chi connectivity index (χ0) is 24.1. The van der Waals surface area contributed by atoms with Crippen LogP contribution in [-0.4, -0.2) is 58.9 Å². The number of carbonyl (C=O) groups excluding carboxylic acids is 1. The van der Waals surface area contributed by atoms with Crippen LogP contribution in [0.5, 0.6) is 5.75 Å². The minimum absolute atomic E-state index is 0.0782. The van der Waals surface area contributed by atoms with Crippen LogP contribution in [0.2, 0.25) is 10.0 Å². The quantitative estimate of drug-likeness (QED) is 0.320. The fourth-order valence-corrected chi connectivity index (χ4v) is 4.05. The van der Waals surface area contributed by atoms with Crippen molar-refractivity contribution in [2.24, 2.45) is 0 Å². The molecule has 178 valence electrons. The Kier molecular flexibility index (Phi) is 7.53. The van der Waals surface area contributed by atoms with Crippen LogP contribution in [0, 0.1) is 0 Å². The Balaban J connectivity index is 1.43. The third-order valence-electron chi connectivity index (χ3n) is 5.14. The summed E-state index contributed by atoms with van der Waals surface area (Å²) in [5, 5.41) is 5.12. The van der Waals surface area contributed by atoms with Crippen molar-refractivity contribution < 1.29 is 19.0 Å². The van der Waals surface area contributed by atoms with Gasteiger partial charge in [0.15, 0.2) is 5.78 Å². The van der Waals surface area contributed by atoms with Crippen LogP contribution < -0.4 is 4.74 Å². The van der Waals surface area contributed by atoms with Gasteiger partial charge in [0.1, 0.15) is 37.7 Å². The molecule has 0 saturated carbocycles. The average molecular weight is 503 g/mol. The van der Waals surface area contributed by atoms with Crippen LogP contribution in [-0.2, 0) is 21.8 Å². The second-order valence-corrected chi connectivity index (χ2v) is 8.84. The van der Waals surface area contributed by atoms with Crippen molar-refractivity contribution in [2.45, 2.75) is 18.4 Å². The fraction of sp³-hybridized carbons (Fsp3) is 0.292. The molecule has 1 fully saturated rings. The molecule has 3 aromatic rings. The summed E-state index contributed by atoms with van der Waals surface area (Å²) in [7, 11) is 3.72. The molecule has 0 aliphatic carbocycles. The molecule has 2 heterocycles. The molecular formula is C24H24Cl2N4O4. The number of benzene rings is 2. The van der Waals surface area contributed by atoms with E-state index in [-0.39, 0.29) is 25.0 Å². The van der Waals surface area contributed by atoms with E-state index in [9.17, 15) is 4.79 Å². The molecule has 0 N–H and O–H groups in total. The number of aromatic nitrogens is 3. The van der Waals surface area contributed by atoms with E-state index in [1.165, 1.54) is 12.4 Å². The summed E-state index contributed by atoms with van der Waals surface area (Å²) in [4.78, 5) is 18.0. The van der Waals surface area contributed by atoms with Crippen LogP contribution in [0.25, 0.3) is 0 Å². The highest BCUT2D eigenvalue weighted by Crippen LogP contribution is 2.40. The standard InChI is InChI=1S/C24H24Cl2N4O4/c1-29(2)10-9-23(31)17-3-6-19(7-4-17)32-12-20-13-33-24(34-20,14-30-16-27-15-28-30)21-8-5-18(25)11-22(21)26/h3-11,15-16,20H,12-14H2,1-2H3/b10-9+. The number of ketones is 1. The van der Waals surface area contributed by atoms with Crippen LogP contribution in [0.15, 0.2) is 67.4 Å². The van der Waals surface area contributed by atoms with E-state index in [1.807, 2.05) is 14.1 Å². The van der Waals surface area contributed by atoms with Crippen LogP contribution in [0.4, 0.5) is 0 Å². The molecule has 2 atom stereocenters. The van der Waals surface area contributed by atoms with E-state index in [0.29, 0.717) is 33.5 Å². The van der Waals surface area contributed by atoms with E-state index < -0.39 is 5.79 Å². The Morgan fingerprint density at radius 1 is 1.26 bits per heavy atom.